The van der Waals surface area contributed by atoms with E-state index >= 15 is 0 Å². The quantitative estimate of drug-likeness (QED) is 0.864. The van der Waals surface area contributed by atoms with Gasteiger partial charge in [-0.2, -0.15) is 0 Å². The monoisotopic (exact) mass is 287 g/mol. The summed E-state index contributed by atoms with van der Waals surface area (Å²) in [4.78, 5) is 14.1. The summed E-state index contributed by atoms with van der Waals surface area (Å²) in [5.74, 6) is 1.52. The third-order valence-corrected chi connectivity index (χ3v) is 4.68. The van der Waals surface area contributed by atoms with Gasteiger partial charge < -0.3 is 14.7 Å². The van der Waals surface area contributed by atoms with Crippen LogP contribution in [0.5, 0.6) is 5.75 Å². The molecule has 4 heteroatoms. The largest absolute Gasteiger partial charge is 0.496 e. The van der Waals surface area contributed by atoms with Crippen molar-refractivity contribution >= 4 is 12.0 Å². The topological polar surface area (TPSA) is 49.8 Å². The second kappa shape index (κ2) is 5.90. The number of methoxy groups -OCH3 is 1. The van der Waals surface area contributed by atoms with E-state index in [1.807, 2.05) is 29.2 Å². The maximum Gasteiger partial charge on any atom is 0.246 e. The third-order valence-electron chi connectivity index (χ3n) is 4.68. The fourth-order valence-electron chi connectivity index (χ4n) is 3.49. The maximum absolute atomic E-state index is 12.3. The van der Waals surface area contributed by atoms with Crippen LogP contribution in [0.15, 0.2) is 30.3 Å². The lowest BCUT2D eigenvalue weighted by Gasteiger charge is -2.16. The van der Waals surface area contributed by atoms with Gasteiger partial charge in [0.15, 0.2) is 0 Å². The molecule has 112 valence electrons. The summed E-state index contributed by atoms with van der Waals surface area (Å²) in [5, 5.41) is 9.90. The van der Waals surface area contributed by atoms with E-state index in [1.54, 1.807) is 19.3 Å². The van der Waals surface area contributed by atoms with Crippen molar-refractivity contribution in [2.45, 2.75) is 18.9 Å². The minimum atomic E-state index is -0.231. The molecule has 3 unspecified atom stereocenters. The average Bonchev–Trinajstić information content (AvgIpc) is 3.07. The van der Waals surface area contributed by atoms with Gasteiger partial charge in [0.25, 0.3) is 0 Å². The number of aliphatic hydroxyl groups excluding tert-OH is 1. The van der Waals surface area contributed by atoms with Crippen LogP contribution in [0.2, 0.25) is 0 Å². The smallest absolute Gasteiger partial charge is 0.246 e. The highest BCUT2D eigenvalue weighted by molar-refractivity contribution is 5.92. The van der Waals surface area contributed by atoms with Gasteiger partial charge in [-0.25, -0.2) is 0 Å². The Morgan fingerprint density at radius 2 is 2.14 bits per heavy atom. The molecule has 1 N–H and O–H groups in total. The molecule has 21 heavy (non-hydrogen) atoms. The van der Waals surface area contributed by atoms with E-state index in [9.17, 15) is 9.90 Å². The second-order valence-electron chi connectivity index (χ2n) is 5.89. The maximum atomic E-state index is 12.3. The Kier molecular flexibility index (Phi) is 3.97. The zero-order valence-electron chi connectivity index (χ0n) is 12.2. The van der Waals surface area contributed by atoms with Crippen LogP contribution in [0.1, 0.15) is 18.4 Å². The lowest BCUT2D eigenvalue weighted by atomic mass is 10.00. The lowest BCUT2D eigenvalue weighted by molar-refractivity contribution is -0.125. The lowest BCUT2D eigenvalue weighted by Crippen LogP contribution is -2.29. The molecule has 0 spiro atoms. The van der Waals surface area contributed by atoms with Crippen LogP contribution in [0.25, 0.3) is 6.08 Å². The Bertz CT molecular complexity index is 555. The Morgan fingerprint density at radius 3 is 2.90 bits per heavy atom. The van der Waals surface area contributed by atoms with Crippen molar-refractivity contribution in [1.82, 2.24) is 4.90 Å². The molecule has 3 rings (SSSR count). The number of carbonyl (C=O) groups excluding carboxylic acids is 1. The molecular formula is C17H21NO3. The van der Waals surface area contributed by atoms with Crippen molar-refractivity contribution in [3.63, 3.8) is 0 Å². The molecule has 1 amide bonds. The molecule has 1 heterocycles. The van der Waals surface area contributed by atoms with Gasteiger partial charge in [0.05, 0.1) is 13.2 Å². The highest BCUT2D eigenvalue weighted by Gasteiger charge is 2.42. The van der Waals surface area contributed by atoms with E-state index < -0.39 is 0 Å². The molecule has 1 aromatic rings. The van der Waals surface area contributed by atoms with Gasteiger partial charge in [-0.1, -0.05) is 18.2 Å². The number of hydrogen-bond donors (Lipinski definition) is 1. The Morgan fingerprint density at radius 1 is 1.33 bits per heavy atom. The SMILES string of the molecule is COc1ccccc1/C=C/C(=O)N1CC2CCC(O)C2C1. The zero-order valence-corrected chi connectivity index (χ0v) is 12.2. The van der Waals surface area contributed by atoms with Crippen molar-refractivity contribution < 1.29 is 14.6 Å². The van der Waals surface area contributed by atoms with Gasteiger partial charge in [0, 0.05) is 30.6 Å². The molecule has 2 aliphatic rings. The summed E-state index contributed by atoms with van der Waals surface area (Å²) in [6.07, 6.45) is 5.09. The van der Waals surface area contributed by atoms with Crippen molar-refractivity contribution in [3.05, 3.63) is 35.9 Å². The van der Waals surface area contributed by atoms with Gasteiger partial charge in [-0.3, -0.25) is 4.79 Å². The minimum Gasteiger partial charge on any atom is -0.496 e. The number of rotatable bonds is 3. The Labute approximate surface area is 125 Å². The first-order valence-corrected chi connectivity index (χ1v) is 7.47. The first-order valence-electron chi connectivity index (χ1n) is 7.47. The van der Waals surface area contributed by atoms with Crippen LogP contribution < -0.4 is 4.74 Å². The number of para-hydroxylation sites is 1. The molecule has 0 aromatic heterocycles. The van der Waals surface area contributed by atoms with E-state index in [0.29, 0.717) is 12.5 Å². The number of aliphatic hydroxyl groups is 1. The zero-order chi connectivity index (χ0) is 14.8. The summed E-state index contributed by atoms with van der Waals surface area (Å²) < 4.78 is 5.27. The number of amides is 1. The van der Waals surface area contributed by atoms with E-state index in [4.69, 9.17) is 4.74 Å². The number of hydrogen-bond acceptors (Lipinski definition) is 3. The first-order chi connectivity index (χ1) is 10.2. The normalized spacial score (nSPS) is 28.1. The fourth-order valence-corrected chi connectivity index (χ4v) is 3.49. The molecule has 1 aliphatic heterocycles. The molecular weight excluding hydrogens is 266 g/mol. The molecule has 1 saturated carbocycles. The van der Waals surface area contributed by atoms with Gasteiger partial charge in [-0.05, 0) is 30.9 Å². The highest BCUT2D eigenvalue weighted by atomic mass is 16.5. The highest BCUT2D eigenvalue weighted by Crippen LogP contribution is 2.38. The Balaban J connectivity index is 1.66. The van der Waals surface area contributed by atoms with Crippen LogP contribution in [-0.4, -0.2) is 42.2 Å². The number of likely N-dealkylation sites (tertiary alicyclic amines) is 1. The van der Waals surface area contributed by atoms with E-state index in [-0.39, 0.29) is 17.9 Å². The third kappa shape index (κ3) is 2.81. The molecule has 1 saturated heterocycles. The van der Waals surface area contributed by atoms with Crippen LogP contribution in [0.3, 0.4) is 0 Å². The van der Waals surface area contributed by atoms with E-state index in [2.05, 4.69) is 0 Å². The summed E-state index contributed by atoms with van der Waals surface area (Å²) in [6.45, 7) is 1.46. The van der Waals surface area contributed by atoms with Crippen molar-refractivity contribution in [2.24, 2.45) is 11.8 Å². The van der Waals surface area contributed by atoms with Gasteiger partial charge in [0.2, 0.25) is 5.91 Å². The molecule has 3 atom stereocenters. The number of fused-ring (bicyclic) bond motifs is 1. The first kappa shape index (κ1) is 14.1. The summed E-state index contributed by atoms with van der Waals surface area (Å²) >= 11 is 0. The number of ether oxygens (including phenoxy) is 1. The standard InChI is InChI=1S/C17H21NO3/c1-21-16-5-3-2-4-12(16)7-9-17(20)18-10-13-6-8-15(19)14(13)11-18/h2-5,7,9,13-15,19H,6,8,10-11H2,1H3/b9-7+. The van der Waals surface area contributed by atoms with E-state index in [0.717, 1.165) is 30.7 Å². The van der Waals surface area contributed by atoms with Gasteiger partial charge in [-0.15, -0.1) is 0 Å². The Hall–Kier alpha value is -1.81. The van der Waals surface area contributed by atoms with Crippen LogP contribution in [-0.2, 0) is 4.79 Å². The predicted octanol–water partition coefficient (Wildman–Crippen LogP) is 1.94. The number of benzene rings is 1. The predicted molar refractivity (Wildman–Crippen MR) is 80.8 cm³/mol. The van der Waals surface area contributed by atoms with Crippen LogP contribution in [0, 0.1) is 11.8 Å². The molecule has 0 radical (unpaired) electrons. The molecule has 4 nitrogen and oxygen atoms in total. The second-order valence-corrected chi connectivity index (χ2v) is 5.89. The minimum absolute atomic E-state index is 0.0162. The van der Waals surface area contributed by atoms with Crippen molar-refractivity contribution in [1.29, 1.82) is 0 Å². The molecule has 2 fully saturated rings. The molecule has 1 aliphatic carbocycles. The number of carbonyl (C=O) groups is 1. The molecule has 0 bridgehead atoms. The average molecular weight is 287 g/mol. The number of nitrogens with zero attached hydrogens (tertiary/aromatic N) is 1. The summed E-state index contributed by atoms with van der Waals surface area (Å²) in [6, 6.07) is 7.62. The van der Waals surface area contributed by atoms with Gasteiger partial charge >= 0.3 is 0 Å². The molecule has 1 aromatic carbocycles. The van der Waals surface area contributed by atoms with E-state index in [1.165, 1.54) is 0 Å². The summed E-state index contributed by atoms with van der Waals surface area (Å²) in [5.41, 5.74) is 0.896. The summed E-state index contributed by atoms with van der Waals surface area (Å²) in [7, 11) is 1.62. The van der Waals surface area contributed by atoms with Crippen LogP contribution in [0.4, 0.5) is 0 Å². The van der Waals surface area contributed by atoms with Crippen molar-refractivity contribution in [3.8, 4) is 5.75 Å². The van der Waals surface area contributed by atoms with Gasteiger partial charge in [0.1, 0.15) is 5.75 Å². The van der Waals surface area contributed by atoms with Crippen LogP contribution >= 0.6 is 0 Å². The fraction of sp³-hybridized carbons (Fsp3) is 0.471. The van der Waals surface area contributed by atoms with Crippen molar-refractivity contribution in [2.75, 3.05) is 20.2 Å².